The van der Waals surface area contributed by atoms with Crippen LogP contribution in [0, 0.1) is 0 Å². The van der Waals surface area contributed by atoms with Gasteiger partial charge < -0.3 is 19.4 Å². The molecular formula is C22H24N2O4. The van der Waals surface area contributed by atoms with E-state index < -0.39 is 0 Å². The average molecular weight is 380 g/mol. The van der Waals surface area contributed by atoms with Gasteiger partial charge in [0, 0.05) is 41.2 Å². The number of benzene rings is 2. The number of aromatic amines is 1. The van der Waals surface area contributed by atoms with Crippen LogP contribution in [0.3, 0.4) is 0 Å². The first-order valence-electron chi connectivity index (χ1n) is 9.08. The molecule has 0 unspecified atom stereocenters. The Labute approximate surface area is 163 Å². The summed E-state index contributed by atoms with van der Waals surface area (Å²) in [6.45, 7) is 4.22. The van der Waals surface area contributed by atoms with Crippen LogP contribution in [0.4, 0.5) is 0 Å². The molecule has 0 bridgehead atoms. The Morgan fingerprint density at radius 3 is 2.29 bits per heavy atom. The maximum absolute atomic E-state index is 13.3. The van der Waals surface area contributed by atoms with Crippen molar-refractivity contribution < 1.29 is 14.3 Å². The quantitative estimate of drug-likeness (QED) is 0.709. The van der Waals surface area contributed by atoms with Gasteiger partial charge in [-0.15, -0.1) is 0 Å². The number of pyridine rings is 1. The number of methoxy groups -OCH3 is 2. The Bertz CT molecular complexity index is 1030. The molecule has 0 radical (unpaired) electrons. The summed E-state index contributed by atoms with van der Waals surface area (Å²) in [5.74, 6) is 0.942. The van der Waals surface area contributed by atoms with Crippen LogP contribution in [-0.4, -0.2) is 36.1 Å². The van der Waals surface area contributed by atoms with Crippen molar-refractivity contribution in [2.75, 3.05) is 14.2 Å². The maximum atomic E-state index is 13.3. The number of nitrogens with one attached hydrogen (secondary N) is 1. The Hall–Kier alpha value is -3.28. The number of para-hydroxylation sites is 1. The number of hydrogen-bond acceptors (Lipinski definition) is 4. The van der Waals surface area contributed by atoms with E-state index in [-0.39, 0.29) is 17.5 Å². The highest BCUT2D eigenvalue weighted by molar-refractivity contribution is 5.95. The second-order valence-corrected chi connectivity index (χ2v) is 6.83. The molecule has 0 saturated heterocycles. The topological polar surface area (TPSA) is 71.6 Å². The van der Waals surface area contributed by atoms with Gasteiger partial charge in [0.1, 0.15) is 11.5 Å². The van der Waals surface area contributed by atoms with Gasteiger partial charge in [0.2, 0.25) is 5.56 Å². The van der Waals surface area contributed by atoms with Crippen molar-refractivity contribution in [1.82, 2.24) is 9.88 Å². The largest absolute Gasteiger partial charge is 0.497 e. The molecule has 1 N–H and O–H groups in total. The fourth-order valence-corrected chi connectivity index (χ4v) is 3.18. The predicted molar refractivity (Wildman–Crippen MR) is 109 cm³/mol. The summed E-state index contributed by atoms with van der Waals surface area (Å²) < 4.78 is 10.6. The Balaban J connectivity index is 2.02. The van der Waals surface area contributed by atoms with Gasteiger partial charge in [0.15, 0.2) is 0 Å². The molecule has 28 heavy (non-hydrogen) atoms. The predicted octanol–water partition coefficient (Wildman–Crippen LogP) is 3.60. The Kier molecular flexibility index (Phi) is 5.68. The van der Waals surface area contributed by atoms with E-state index in [0.717, 1.165) is 16.5 Å². The third-order valence-corrected chi connectivity index (χ3v) is 4.66. The smallest absolute Gasteiger partial charge is 0.254 e. The number of carbonyl (C=O) groups excluding carboxylic acids is 1. The molecule has 0 spiro atoms. The number of aromatic nitrogens is 1. The molecule has 3 rings (SSSR count). The lowest BCUT2D eigenvalue weighted by Gasteiger charge is -2.27. The van der Waals surface area contributed by atoms with Crippen molar-refractivity contribution in [2.24, 2.45) is 0 Å². The van der Waals surface area contributed by atoms with Crippen LogP contribution in [0.15, 0.2) is 53.3 Å². The van der Waals surface area contributed by atoms with E-state index in [2.05, 4.69) is 4.98 Å². The summed E-state index contributed by atoms with van der Waals surface area (Å²) in [6, 6.07) is 14.2. The van der Waals surface area contributed by atoms with E-state index in [0.29, 0.717) is 23.6 Å². The van der Waals surface area contributed by atoms with E-state index in [4.69, 9.17) is 9.47 Å². The second-order valence-electron chi connectivity index (χ2n) is 6.83. The third kappa shape index (κ3) is 4.01. The SMILES string of the molecule is COc1cc(OC)cc(C(=O)N(Cc2cc(=O)[nH]c3ccccc23)C(C)C)c1. The molecule has 0 saturated carbocycles. The van der Waals surface area contributed by atoms with E-state index in [1.807, 2.05) is 38.1 Å². The van der Waals surface area contributed by atoms with Gasteiger partial charge in [-0.25, -0.2) is 0 Å². The zero-order valence-corrected chi connectivity index (χ0v) is 16.5. The molecule has 1 heterocycles. The number of hydrogen-bond donors (Lipinski definition) is 1. The molecule has 1 amide bonds. The minimum absolute atomic E-state index is 0.0669. The number of carbonyl (C=O) groups is 1. The minimum Gasteiger partial charge on any atom is -0.497 e. The number of H-pyrrole nitrogens is 1. The van der Waals surface area contributed by atoms with Crippen molar-refractivity contribution in [2.45, 2.75) is 26.4 Å². The summed E-state index contributed by atoms with van der Waals surface area (Å²) in [7, 11) is 3.09. The normalized spacial score (nSPS) is 10.9. The summed E-state index contributed by atoms with van der Waals surface area (Å²) in [5, 5.41) is 0.920. The van der Waals surface area contributed by atoms with E-state index in [9.17, 15) is 9.59 Å². The molecule has 1 aromatic heterocycles. The number of rotatable bonds is 6. The molecule has 0 fully saturated rings. The van der Waals surface area contributed by atoms with Gasteiger partial charge in [0.25, 0.3) is 5.91 Å². The molecular weight excluding hydrogens is 356 g/mol. The highest BCUT2D eigenvalue weighted by atomic mass is 16.5. The van der Waals surface area contributed by atoms with E-state index in [1.54, 1.807) is 43.4 Å². The van der Waals surface area contributed by atoms with Crippen molar-refractivity contribution >= 4 is 16.8 Å². The van der Waals surface area contributed by atoms with Crippen molar-refractivity contribution in [1.29, 1.82) is 0 Å². The minimum atomic E-state index is -0.187. The fraction of sp³-hybridized carbons (Fsp3) is 0.273. The van der Waals surface area contributed by atoms with E-state index >= 15 is 0 Å². The van der Waals surface area contributed by atoms with Crippen molar-refractivity contribution in [3.05, 3.63) is 70.0 Å². The van der Waals surface area contributed by atoms with Crippen LogP contribution in [0.1, 0.15) is 29.8 Å². The van der Waals surface area contributed by atoms with Crippen LogP contribution in [0.25, 0.3) is 10.9 Å². The monoisotopic (exact) mass is 380 g/mol. The van der Waals surface area contributed by atoms with Gasteiger partial charge in [-0.05, 0) is 37.6 Å². The first-order valence-corrected chi connectivity index (χ1v) is 9.08. The average Bonchev–Trinajstić information content (AvgIpc) is 2.70. The lowest BCUT2D eigenvalue weighted by molar-refractivity contribution is 0.0690. The fourth-order valence-electron chi connectivity index (χ4n) is 3.18. The zero-order chi connectivity index (χ0) is 20.3. The molecule has 146 valence electrons. The lowest BCUT2D eigenvalue weighted by atomic mass is 10.1. The van der Waals surface area contributed by atoms with Crippen molar-refractivity contribution in [3.63, 3.8) is 0 Å². The molecule has 2 aromatic carbocycles. The molecule has 3 aromatic rings. The van der Waals surface area contributed by atoms with Gasteiger partial charge in [0.05, 0.1) is 14.2 Å². The zero-order valence-electron chi connectivity index (χ0n) is 16.5. The molecule has 6 nitrogen and oxygen atoms in total. The number of ether oxygens (including phenoxy) is 2. The molecule has 6 heteroatoms. The molecule has 0 aliphatic carbocycles. The lowest BCUT2D eigenvalue weighted by Crippen LogP contribution is -2.36. The van der Waals surface area contributed by atoms with Gasteiger partial charge >= 0.3 is 0 Å². The number of fused-ring (bicyclic) bond motifs is 1. The molecule has 0 atom stereocenters. The highest BCUT2D eigenvalue weighted by Crippen LogP contribution is 2.25. The van der Waals surface area contributed by atoms with Crippen LogP contribution < -0.4 is 15.0 Å². The van der Waals surface area contributed by atoms with Gasteiger partial charge in [-0.1, -0.05) is 18.2 Å². The first-order chi connectivity index (χ1) is 13.4. The highest BCUT2D eigenvalue weighted by Gasteiger charge is 2.21. The summed E-state index contributed by atoms with van der Waals surface area (Å²) in [6.07, 6.45) is 0. The molecule has 0 aliphatic heterocycles. The van der Waals surface area contributed by atoms with Crippen molar-refractivity contribution in [3.8, 4) is 11.5 Å². The van der Waals surface area contributed by atoms with Crippen LogP contribution in [0.2, 0.25) is 0 Å². The number of nitrogens with zero attached hydrogens (tertiary/aromatic N) is 1. The summed E-state index contributed by atoms with van der Waals surface area (Å²) in [5.41, 5.74) is 1.84. The van der Waals surface area contributed by atoms with Crippen LogP contribution in [-0.2, 0) is 6.54 Å². The Morgan fingerprint density at radius 1 is 1.04 bits per heavy atom. The van der Waals surface area contributed by atoms with E-state index in [1.165, 1.54) is 0 Å². The third-order valence-electron chi connectivity index (χ3n) is 4.66. The molecule has 0 aliphatic rings. The van der Waals surface area contributed by atoms with Crippen LogP contribution in [0.5, 0.6) is 11.5 Å². The van der Waals surface area contributed by atoms with Gasteiger partial charge in [-0.3, -0.25) is 9.59 Å². The van der Waals surface area contributed by atoms with Gasteiger partial charge in [-0.2, -0.15) is 0 Å². The first kappa shape index (κ1) is 19.5. The van der Waals surface area contributed by atoms with Crippen LogP contribution >= 0.6 is 0 Å². The Morgan fingerprint density at radius 2 is 1.68 bits per heavy atom. The second kappa shape index (κ2) is 8.17. The summed E-state index contributed by atoms with van der Waals surface area (Å²) in [4.78, 5) is 29.9. The maximum Gasteiger partial charge on any atom is 0.254 e. The summed E-state index contributed by atoms with van der Waals surface area (Å²) >= 11 is 0. The standard InChI is InChI=1S/C22H24N2O4/c1-14(2)24(22(26)15-9-17(27-3)12-18(10-15)28-4)13-16-11-21(25)23-20-8-6-5-7-19(16)20/h5-12,14H,13H2,1-4H3,(H,23,25). The number of amides is 1.